The van der Waals surface area contributed by atoms with Gasteiger partial charge >= 0.3 is 0 Å². The maximum Gasteiger partial charge on any atom is 0.157 e. The molecule has 3 aliphatic rings. The normalized spacial score (nSPS) is 30.5. The number of aromatic hydroxyl groups is 2. The number of hydrogen-bond acceptors (Lipinski definition) is 4. The van der Waals surface area contributed by atoms with Gasteiger partial charge in [-0.05, 0) is 35.3 Å². The van der Waals surface area contributed by atoms with E-state index in [4.69, 9.17) is 4.74 Å². The van der Waals surface area contributed by atoms with Crippen molar-refractivity contribution in [3.05, 3.63) is 47.1 Å². The largest absolute Gasteiger partial charge is 0.504 e. The van der Waals surface area contributed by atoms with E-state index in [1.807, 2.05) is 0 Å². The second kappa shape index (κ2) is 4.36. The van der Waals surface area contributed by atoms with E-state index in [0.717, 1.165) is 37.1 Å². The van der Waals surface area contributed by atoms with Gasteiger partial charge in [0.1, 0.15) is 0 Å². The second-order valence-electron chi connectivity index (χ2n) is 6.05. The minimum atomic E-state index is -0.214. The summed E-state index contributed by atoms with van der Waals surface area (Å²) in [4.78, 5) is 2.46. The molecule has 0 aromatic heterocycles. The standard InChI is InChI=1S/C17H19NO3/c1-21-13-3-2-12-5-7-18-6-4-11-8-15(19)16(20)9-14(11)17(12,18)10-13/h2-3,5,8-9,13,19-20H,4,6-7,10H2,1H3/t13-,17+/m0/s1. The molecule has 1 aromatic carbocycles. The Bertz CT molecular complexity index is 664. The Kier molecular flexibility index (Phi) is 2.68. The van der Waals surface area contributed by atoms with E-state index in [-0.39, 0.29) is 23.1 Å². The van der Waals surface area contributed by atoms with E-state index in [1.54, 1.807) is 19.2 Å². The average Bonchev–Trinajstić information content (AvgIpc) is 2.87. The molecule has 2 N–H and O–H groups in total. The van der Waals surface area contributed by atoms with Crippen LogP contribution in [0.2, 0.25) is 0 Å². The molecule has 0 radical (unpaired) electrons. The van der Waals surface area contributed by atoms with Crippen molar-refractivity contribution in [2.45, 2.75) is 24.5 Å². The number of methoxy groups -OCH3 is 1. The highest BCUT2D eigenvalue weighted by Gasteiger charge is 2.50. The van der Waals surface area contributed by atoms with Gasteiger partial charge in [0.2, 0.25) is 0 Å². The Labute approximate surface area is 124 Å². The quantitative estimate of drug-likeness (QED) is 0.776. The van der Waals surface area contributed by atoms with Crippen LogP contribution in [0.1, 0.15) is 17.5 Å². The smallest absolute Gasteiger partial charge is 0.157 e. The molecule has 0 fully saturated rings. The number of rotatable bonds is 1. The summed E-state index contributed by atoms with van der Waals surface area (Å²) in [5.41, 5.74) is 3.30. The highest BCUT2D eigenvalue weighted by molar-refractivity contribution is 5.56. The minimum absolute atomic E-state index is 0.0308. The number of benzene rings is 1. The van der Waals surface area contributed by atoms with E-state index in [0.29, 0.717) is 0 Å². The number of fused-ring (bicyclic) bond motifs is 1. The number of nitrogens with zero attached hydrogens (tertiary/aromatic N) is 1. The molecule has 2 heterocycles. The number of phenols is 2. The third-order valence-electron chi connectivity index (χ3n) is 5.14. The first-order chi connectivity index (χ1) is 10.1. The molecule has 1 aromatic rings. The zero-order valence-electron chi connectivity index (χ0n) is 12.0. The summed E-state index contributed by atoms with van der Waals surface area (Å²) >= 11 is 0. The molecule has 0 amide bonds. The van der Waals surface area contributed by atoms with Crippen LogP contribution in [0, 0.1) is 0 Å². The molecule has 0 bridgehead atoms. The van der Waals surface area contributed by atoms with Gasteiger partial charge < -0.3 is 14.9 Å². The lowest BCUT2D eigenvalue weighted by Crippen LogP contribution is -2.51. The molecule has 110 valence electrons. The van der Waals surface area contributed by atoms with Crippen molar-refractivity contribution in [1.82, 2.24) is 4.90 Å². The monoisotopic (exact) mass is 285 g/mol. The van der Waals surface area contributed by atoms with Crippen LogP contribution >= 0.6 is 0 Å². The Morgan fingerprint density at radius 3 is 2.90 bits per heavy atom. The van der Waals surface area contributed by atoms with Crippen molar-refractivity contribution >= 4 is 0 Å². The van der Waals surface area contributed by atoms with Crippen molar-refractivity contribution in [2.75, 3.05) is 20.2 Å². The third-order valence-corrected chi connectivity index (χ3v) is 5.14. The van der Waals surface area contributed by atoms with Crippen molar-refractivity contribution in [2.24, 2.45) is 0 Å². The maximum atomic E-state index is 9.97. The molecule has 0 saturated carbocycles. The summed E-state index contributed by atoms with van der Waals surface area (Å²) in [5, 5.41) is 19.8. The van der Waals surface area contributed by atoms with Crippen molar-refractivity contribution in [3.63, 3.8) is 0 Å². The summed E-state index contributed by atoms with van der Waals surface area (Å²) in [5.74, 6) is -0.0727. The second-order valence-corrected chi connectivity index (χ2v) is 6.05. The van der Waals surface area contributed by atoms with Crippen LogP contribution in [0.4, 0.5) is 0 Å². The van der Waals surface area contributed by atoms with Crippen LogP contribution in [0.15, 0.2) is 35.9 Å². The van der Waals surface area contributed by atoms with E-state index >= 15 is 0 Å². The zero-order valence-corrected chi connectivity index (χ0v) is 12.0. The van der Waals surface area contributed by atoms with Gasteiger partial charge in [-0.15, -0.1) is 0 Å². The van der Waals surface area contributed by atoms with Crippen molar-refractivity contribution in [1.29, 1.82) is 0 Å². The highest BCUT2D eigenvalue weighted by atomic mass is 16.5. The van der Waals surface area contributed by atoms with Gasteiger partial charge in [0, 0.05) is 26.6 Å². The fraction of sp³-hybridized carbons (Fsp3) is 0.412. The van der Waals surface area contributed by atoms with Crippen LogP contribution in [0.3, 0.4) is 0 Å². The fourth-order valence-corrected chi connectivity index (χ4v) is 4.09. The summed E-state index contributed by atoms with van der Waals surface area (Å²) in [7, 11) is 1.73. The molecule has 4 heteroatoms. The van der Waals surface area contributed by atoms with Gasteiger partial charge in [-0.1, -0.05) is 18.2 Å². The molecular weight excluding hydrogens is 266 g/mol. The first-order valence-electron chi connectivity index (χ1n) is 7.37. The zero-order chi connectivity index (χ0) is 14.6. The molecule has 0 saturated heterocycles. The molecule has 2 aliphatic heterocycles. The first kappa shape index (κ1) is 12.9. The van der Waals surface area contributed by atoms with E-state index in [1.165, 1.54) is 5.57 Å². The third kappa shape index (κ3) is 1.63. The van der Waals surface area contributed by atoms with Crippen LogP contribution in [0.5, 0.6) is 11.5 Å². The Morgan fingerprint density at radius 2 is 2.10 bits per heavy atom. The average molecular weight is 285 g/mol. The molecule has 0 unspecified atom stereocenters. The van der Waals surface area contributed by atoms with Gasteiger partial charge in [-0.25, -0.2) is 0 Å². The van der Waals surface area contributed by atoms with E-state index in [2.05, 4.69) is 23.1 Å². The summed E-state index contributed by atoms with van der Waals surface area (Å²) in [6, 6.07) is 3.45. The van der Waals surface area contributed by atoms with Crippen LogP contribution in [-0.4, -0.2) is 41.4 Å². The van der Waals surface area contributed by atoms with Crippen LogP contribution in [0.25, 0.3) is 0 Å². The van der Waals surface area contributed by atoms with E-state index < -0.39 is 0 Å². The van der Waals surface area contributed by atoms with Gasteiger partial charge in [0.25, 0.3) is 0 Å². The summed E-state index contributed by atoms with van der Waals surface area (Å²) in [6.07, 6.45) is 8.34. The van der Waals surface area contributed by atoms with Crippen LogP contribution < -0.4 is 0 Å². The van der Waals surface area contributed by atoms with Gasteiger partial charge in [-0.2, -0.15) is 0 Å². The van der Waals surface area contributed by atoms with Crippen molar-refractivity contribution in [3.8, 4) is 11.5 Å². The Hall–Kier alpha value is -1.78. The summed E-state index contributed by atoms with van der Waals surface area (Å²) in [6.45, 7) is 1.89. The first-order valence-corrected chi connectivity index (χ1v) is 7.37. The molecule has 4 nitrogen and oxygen atoms in total. The number of phenolic OH excluding ortho intramolecular Hbond substituents is 2. The van der Waals surface area contributed by atoms with Crippen LogP contribution in [-0.2, 0) is 16.7 Å². The lowest BCUT2D eigenvalue weighted by atomic mass is 9.71. The topological polar surface area (TPSA) is 52.9 Å². The predicted octanol–water partition coefficient (Wildman–Crippen LogP) is 2.07. The molecule has 2 atom stereocenters. The molecule has 21 heavy (non-hydrogen) atoms. The molecule has 1 spiro atoms. The highest BCUT2D eigenvalue weighted by Crippen LogP contribution is 2.52. The number of hydrogen-bond donors (Lipinski definition) is 2. The van der Waals surface area contributed by atoms with Gasteiger partial charge in [0.15, 0.2) is 11.5 Å². The number of ether oxygens (including phenoxy) is 1. The lowest BCUT2D eigenvalue weighted by molar-refractivity contribution is 0.0513. The minimum Gasteiger partial charge on any atom is -0.504 e. The van der Waals surface area contributed by atoms with E-state index in [9.17, 15) is 10.2 Å². The Morgan fingerprint density at radius 1 is 1.29 bits per heavy atom. The Balaban J connectivity index is 1.93. The van der Waals surface area contributed by atoms with Gasteiger partial charge in [-0.3, -0.25) is 4.90 Å². The SMILES string of the molecule is CO[C@H]1C=CC2=CCN3CCc4cc(O)c(O)cc4[C@@]23C1. The molecule has 4 rings (SSSR count). The van der Waals surface area contributed by atoms with Gasteiger partial charge in [0.05, 0.1) is 11.6 Å². The molecular formula is C17H19NO3. The fourth-order valence-electron chi connectivity index (χ4n) is 4.09. The van der Waals surface area contributed by atoms with Crippen molar-refractivity contribution < 1.29 is 14.9 Å². The predicted molar refractivity (Wildman–Crippen MR) is 79.4 cm³/mol. The maximum absolute atomic E-state index is 9.97. The molecule has 1 aliphatic carbocycles. The summed E-state index contributed by atoms with van der Waals surface area (Å²) < 4.78 is 5.56. The lowest BCUT2D eigenvalue weighted by Gasteiger charge is -2.48.